The van der Waals surface area contributed by atoms with Crippen LogP contribution in [-0.4, -0.2) is 40.9 Å². The molecule has 8 heteroatoms. The monoisotopic (exact) mass is 518 g/mol. The zero-order chi connectivity index (χ0) is 27.2. The predicted octanol–water partition coefficient (Wildman–Crippen LogP) is 4.53. The van der Waals surface area contributed by atoms with E-state index >= 15 is 0 Å². The lowest BCUT2D eigenvalue weighted by Crippen LogP contribution is -2.26. The van der Waals surface area contributed by atoms with Crippen molar-refractivity contribution in [2.24, 2.45) is 0 Å². The Morgan fingerprint density at radius 3 is 2.34 bits per heavy atom. The fraction of sp³-hybridized carbons (Fsp3) is 0.333. The average molecular weight is 519 g/mol. The Labute approximate surface area is 222 Å². The second-order valence-electron chi connectivity index (χ2n) is 9.08. The molecule has 0 radical (unpaired) electrons. The lowest BCUT2D eigenvalue weighted by atomic mass is 9.95. The molecule has 0 spiro atoms. The van der Waals surface area contributed by atoms with Crippen LogP contribution in [0.4, 0.5) is 5.69 Å². The van der Waals surface area contributed by atoms with E-state index in [1.54, 1.807) is 40.6 Å². The van der Waals surface area contributed by atoms with Crippen molar-refractivity contribution < 1.29 is 23.7 Å². The number of benzene rings is 2. The number of anilines is 1. The molecule has 0 unspecified atom stereocenters. The third-order valence-corrected chi connectivity index (χ3v) is 6.82. The Kier molecular flexibility index (Phi) is 8.41. The number of aryl methyl sites for hydroxylation is 1. The minimum absolute atomic E-state index is 0.162. The highest BCUT2D eigenvalue weighted by molar-refractivity contribution is 5.83. The lowest BCUT2D eigenvalue weighted by Gasteiger charge is -2.19. The van der Waals surface area contributed by atoms with Crippen molar-refractivity contribution in [3.8, 4) is 34.1 Å². The molecule has 0 saturated heterocycles. The number of amides is 1. The van der Waals surface area contributed by atoms with Crippen LogP contribution in [0.25, 0.3) is 11.1 Å². The number of hydrogen-bond acceptors (Lipinski definition) is 7. The topological polar surface area (TPSA) is 95.1 Å². The largest absolute Gasteiger partial charge is 0.496 e. The van der Waals surface area contributed by atoms with E-state index in [1.807, 2.05) is 36.4 Å². The molecular formula is C30H34N2O6. The van der Waals surface area contributed by atoms with E-state index in [1.165, 1.54) is 6.92 Å². The van der Waals surface area contributed by atoms with Crippen LogP contribution in [0.3, 0.4) is 0 Å². The number of para-hydroxylation sites is 1. The van der Waals surface area contributed by atoms with Crippen molar-refractivity contribution >= 4 is 11.6 Å². The molecule has 38 heavy (non-hydrogen) atoms. The molecule has 0 aliphatic heterocycles. The molecule has 0 saturated carbocycles. The van der Waals surface area contributed by atoms with Gasteiger partial charge in [0.1, 0.15) is 5.75 Å². The summed E-state index contributed by atoms with van der Waals surface area (Å²) in [5, 5.41) is 6.32. The van der Waals surface area contributed by atoms with Crippen molar-refractivity contribution in [2.75, 3.05) is 40.3 Å². The molecule has 0 bridgehead atoms. The first-order chi connectivity index (χ1) is 18.4. The highest BCUT2D eigenvalue weighted by Gasteiger charge is 2.29. The van der Waals surface area contributed by atoms with Crippen LogP contribution in [0.1, 0.15) is 36.1 Å². The van der Waals surface area contributed by atoms with E-state index in [-0.39, 0.29) is 17.4 Å². The van der Waals surface area contributed by atoms with Crippen LogP contribution in [-0.2, 0) is 17.6 Å². The van der Waals surface area contributed by atoms with E-state index in [4.69, 9.17) is 18.9 Å². The van der Waals surface area contributed by atoms with Crippen LogP contribution in [0.15, 0.2) is 53.3 Å². The third kappa shape index (κ3) is 5.39. The van der Waals surface area contributed by atoms with E-state index < -0.39 is 0 Å². The van der Waals surface area contributed by atoms with Gasteiger partial charge < -0.3 is 29.6 Å². The molecule has 2 N–H and O–H groups in total. The van der Waals surface area contributed by atoms with Crippen LogP contribution < -0.4 is 35.0 Å². The summed E-state index contributed by atoms with van der Waals surface area (Å²) in [6, 6.07) is 14.7. The van der Waals surface area contributed by atoms with Gasteiger partial charge in [-0.15, -0.1) is 0 Å². The number of ether oxygens (including phenoxy) is 4. The maximum absolute atomic E-state index is 13.4. The second-order valence-corrected chi connectivity index (χ2v) is 9.08. The summed E-state index contributed by atoms with van der Waals surface area (Å²) >= 11 is 0. The van der Waals surface area contributed by atoms with Gasteiger partial charge in [-0.25, -0.2) is 0 Å². The summed E-state index contributed by atoms with van der Waals surface area (Å²) in [6.07, 6.45) is 1.94. The molecule has 8 nitrogen and oxygen atoms in total. The molecule has 0 fully saturated rings. The van der Waals surface area contributed by atoms with Crippen molar-refractivity contribution in [2.45, 2.75) is 32.2 Å². The van der Waals surface area contributed by atoms with Gasteiger partial charge in [-0.3, -0.25) is 9.59 Å². The summed E-state index contributed by atoms with van der Waals surface area (Å²) < 4.78 is 22.5. The number of fused-ring (bicyclic) bond motifs is 3. The molecule has 0 heterocycles. The maximum Gasteiger partial charge on any atom is 0.217 e. The Balaban J connectivity index is 1.81. The van der Waals surface area contributed by atoms with Gasteiger partial charge in [0, 0.05) is 19.0 Å². The quantitative estimate of drug-likeness (QED) is 0.430. The Hall–Kier alpha value is -4.20. The first kappa shape index (κ1) is 26.9. The molecule has 3 aromatic carbocycles. The zero-order valence-corrected chi connectivity index (χ0v) is 22.5. The van der Waals surface area contributed by atoms with Crippen molar-refractivity contribution in [1.29, 1.82) is 0 Å². The van der Waals surface area contributed by atoms with Crippen LogP contribution >= 0.6 is 0 Å². The highest BCUT2D eigenvalue weighted by Crippen LogP contribution is 2.50. The van der Waals surface area contributed by atoms with E-state index in [2.05, 4.69) is 10.6 Å². The summed E-state index contributed by atoms with van der Waals surface area (Å²) in [7, 11) is 6.38. The molecule has 1 aliphatic rings. The van der Waals surface area contributed by atoms with Gasteiger partial charge in [0.05, 0.1) is 40.2 Å². The number of carbonyl (C=O) groups is 1. The maximum atomic E-state index is 13.4. The first-order valence-corrected chi connectivity index (χ1v) is 12.5. The normalized spacial score (nSPS) is 13.9. The fourth-order valence-electron chi connectivity index (χ4n) is 5.10. The van der Waals surface area contributed by atoms with Gasteiger partial charge in [0.2, 0.25) is 17.1 Å². The zero-order valence-electron chi connectivity index (χ0n) is 22.5. The molecule has 200 valence electrons. The average Bonchev–Trinajstić information content (AvgIpc) is 3.16. The van der Waals surface area contributed by atoms with Gasteiger partial charge in [0.25, 0.3) is 0 Å². The smallest absolute Gasteiger partial charge is 0.217 e. The van der Waals surface area contributed by atoms with Gasteiger partial charge in [-0.05, 0) is 65.8 Å². The fourth-order valence-corrected chi connectivity index (χ4v) is 5.10. The van der Waals surface area contributed by atoms with E-state index in [0.717, 1.165) is 33.6 Å². The minimum Gasteiger partial charge on any atom is -0.496 e. The standard InChI is InChI=1S/C30H34N2O6/c1-18(33)32-23-12-10-20-16-27(36-3)29(37-4)30(38-5)28(20)21-11-13-24(25(34)17-22(21)23)31-15-14-19-8-6-7-9-26(19)35-2/h6-9,11,13,16-17,23H,10,12,14-15H2,1-5H3,(H,31,34)(H,32,33)/t23-/m1/s1. The van der Waals surface area contributed by atoms with Gasteiger partial charge >= 0.3 is 0 Å². The first-order valence-electron chi connectivity index (χ1n) is 12.5. The number of carbonyl (C=O) groups excluding carboxylic acids is 1. The van der Waals surface area contributed by atoms with Crippen molar-refractivity contribution in [3.05, 3.63) is 75.4 Å². The SMILES string of the molecule is COc1ccccc1CCNc1ccc2c(cc1=O)[C@H](NC(C)=O)CCc1cc(OC)c(OC)c(OC)c1-2. The number of rotatable bonds is 9. The van der Waals surface area contributed by atoms with Crippen molar-refractivity contribution in [1.82, 2.24) is 5.32 Å². The molecule has 0 aromatic heterocycles. The summed E-state index contributed by atoms with van der Waals surface area (Å²) in [6.45, 7) is 2.03. The van der Waals surface area contributed by atoms with Gasteiger partial charge in [-0.2, -0.15) is 0 Å². The Bertz CT molecular complexity index is 1390. The molecule has 1 aliphatic carbocycles. The molecule has 3 aromatic rings. The van der Waals surface area contributed by atoms with E-state index in [9.17, 15) is 9.59 Å². The third-order valence-electron chi connectivity index (χ3n) is 6.82. The summed E-state index contributed by atoms with van der Waals surface area (Å²) in [5.74, 6) is 2.21. The molecule has 4 rings (SSSR count). The van der Waals surface area contributed by atoms with Gasteiger partial charge in [0.15, 0.2) is 11.5 Å². The van der Waals surface area contributed by atoms with Crippen LogP contribution in [0, 0.1) is 0 Å². The number of nitrogens with one attached hydrogen (secondary N) is 2. The Morgan fingerprint density at radius 2 is 1.66 bits per heavy atom. The molecule has 1 atom stereocenters. The molecule has 1 amide bonds. The minimum atomic E-state index is -0.349. The van der Waals surface area contributed by atoms with Crippen molar-refractivity contribution in [3.63, 3.8) is 0 Å². The van der Waals surface area contributed by atoms with E-state index in [0.29, 0.717) is 48.7 Å². The summed E-state index contributed by atoms with van der Waals surface area (Å²) in [4.78, 5) is 25.5. The second kappa shape index (κ2) is 11.9. The summed E-state index contributed by atoms with van der Waals surface area (Å²) in [5.41, 5.74) is 4.69. The lowest BCUT2D eigenvalue weighted by molar-refractivity contribution is -0.119. The highest BCUT2D eigenvalue weighted by atomic mass is 16.5. The number of methoxy groups -OCH3 is 4. The molecular weight excluding hydrogens is 484 g/mol. The number of hydrogen-bond donors (Lipinski definition) is 2. The van der Waals surface area contributed by atoms with Crippen LogP contribution in [0.5, 0.6) is 23.0 Å². The van der Waals surface area contributed by atoms with Gasteiger partial charge in [-0.1, -0.05) is 24.3 Å². The predicted molar refractivity (Wildman–Crippen MR) is 148 cm³/mol. The van der Waals surface area contributed by atoms with Crippen LogP contribution in [0.2, 0.25) is 0 Å². The Morgan fingerprint density at radius 1 is 0.921 bits per heavy atom.